The number of amides is 4. The molecule has 0 radical (unpaired) electrons. The maximum absolute atomic E-state index is 12.9. The van der Waals surface area contributed by atoms with Crippen LogP contribution >= 0.6 is 23.1 Å². The van der Waals surface area contributed by atoms with Crippen LogP contribution < -0.4 is 10.6 Å². The van der Waals surface area contributed by atoms with Gasteiger partial charge in [0.25, 0.3) is 11.6 Å². The van der Waals surface area contributed by atoms with Crippen molar-refractivity contribution in [1.82, 2.24) is 15.5 Å². The van der Waals surface area contributed by atoms with Gasteiger partial charge in [-0.25, -0.2) is 19.7 Å². The molecule has 0 spiro atoms. The van der Waals surface area contributed by atoms with Gasteiger partial charge >= 0.3 is 18.2 Å². The number of ether oxygens (including phenoxy) is 2. The van der Waals surface area contributed by atoms with E-state index in [0.29, 0.717) is 0 Å². The molecule has 1 fully saturated rings. The van der Waals surface area contributed by atoms with Gasteiger partial charge in [-0.15, -0.1) is 23.1 Å². The number of hydrogen-bond acceptors (Lipinski definition) is 11. The molecule has 43 heavy (non-hydrogen) atoms. The highest BCUT2D eigenvalue weighted by Gasteiger charge is 2.54. The quantitative estimate of drug-likeness (QED) is 0.179. The lowest BCUT2D eigenvalue weighted by atomic mass is 10.0. The topological polar surface area (TPSA) is 194 Å². The Morgan fingerprint density at radius 1 is 1.05 bits per heavy atom. The molecule has 4 amide bonds. The van der Waals surface area contributed by atoms with Gasteiger partial charge in [-0.3, -0.25) is 24.6 Å². The van der Waals surface area contributed by atoms with Gasteiger partial charge in [-0.2, -0.15) is 0 Å². The van der Waals surface area contributed by atoms with Crippen molar-refractivity contribution in [3.63, 3.8) is 0 Å². The number of para-hydroxylation sites is 1. The summed E-state index contributed by atoms with van der Waals surface area (Å²) < 4.78 is 10.8. The Bertz CT molecular complexity index is 1650. The van der Waals surface area contributed by atoms with E-state index in [2.05, 4.69) is 5.32 Å². The van der Waals surface area contributed by atoms with Gasteiger partial charge in [-0.1, -0.05) is 30.3 Å². The molecule has 2 aromatic carbocycles. The number of β-lactam (4-membered cyclic amide) rings is 1. The van der Waals surface area contributed by atoms with E-state index in [4.69, 9.17) is 9.47 Å². The molecule has 1 aromatic heterocycles. The second kappa shape index (κ2) is 12.5. The normalized spacial score (nSPS) is 17.5. The number of benzene rings is 2. The maximum Gasteiger partial charge on any atom is 0.416 e. The highest BCUT2D eigenvalue weighted by atomic mass is 32.2. The second-order valence-corrected chi connectivity index (χ2v) is 11.6. The Morgan fingerprint density at radius 2 is 1.74 bits per heavy atom. The number of aliphatic carboxylic acids is 1. The number of carboxylic acids is 1. The van der Waals surface area contributed by atoms with E-state index in [0.717, 1.165) is 19.9 Å². The Hall–Kier alpha value is -4.96. The van der Waals surface area contributed by atoms with Gasteiger partial charge in [0.05, 0.1) is 16.9 Å². The molecule has 222 valence electrons. The number of alkyl carbamates (subject to hydrolysis) is 2. The minimum absolute atomic E-state index is 0.0705. The molecule has 3 N–H and O–H groups in total. The minimum atomic E-state index is -1.42. The van der Waals surface area contributed by atoms with Gasteiger partial charge < -0.3 is 19.9 Å². The van der Waals surface area contributed by atoms with Gasteiger partial charge in [0.15, 0.2) is 0 Å². The van der Waals surface area contributed by atoms with E-state index in [1.807, 2.05) is 30.3 Å². The first-order chi connectivity index (χ1) is 20.6. The number of thioether (sulfide) groups is 1. The van der Waals surface area contributed by atoms with Crippen LogP contribution in [0, 0.1) is 10.1 Å². The zero-order valence-electron chi connectivity index (χ0n) is 22.0. The lowest BCUT2D eigenvalue weighted by Gasteiger charge is -2.49. The predicted molar refractivity (Wildman–Crippen MR) is 153 cm³/mol. The van der Waals surface area contributed by atoms with Crippen LogP contribution in [-0.4, -0.2) is 68.7 Å². The molecule has 2 aliphatic rings. The van der Waals surface area contributed by atoms with Crippen molar-refractivity contribution in [2.24, 2.45) is 0 Å². The van der Waals surface area contributed by atoms with Crippen LogP contribution in [0.15, 0.2) is 65.9 Å². The summed E-state index contributed by atoms with van der Waals surface area (Å²) in [4.78, 5) is 74.0. The number of nitro groups is 1. The zero-order chi connectivity index (χ0) is 30.7. The van der Waals surface area contributed by atoms with Crippen molar-refractivity contribution in [2.45, 2.75) is 24.4 Å². The van der Waals surface area contributed by atoms with Crippen molar-refractivity contribution in [3.05, 3.63) is 86.4 Å². The molecule has 5 rings (SSSR count). The average molecular weight is 627 g/mol. The fourth-order valence-corrected chi connectivity index (χ4v) is 6.95. The van der Waals surface area contributed by atoms with Crippen LogP contribution in [0.5, 0.6) is 0 Å². The lowest BCUT2D eigenvalue weighted by Crippen LogP contribution is -2.70. The van der Waals surface area contributed by atoms with Crippen LogP contribution in [0.3, 0.4) is 0 Å². The largest absolute Gasteiger partial charge is 0.477 e. The summed E-state index contributed by atoms with van der Waals surface area (Å²) in [6.45, 7) is -1.03. The number of carboxylic acid groups (broad SMARTS) is 1. The number of hydrogen-bond donors (Lipinski definition) is 3. The third kappa shape index (κ3) is 6.44. The number of nitro benzene ring substituents is 1. The monoisotopic (exact) mass is 626 g/mol. The second-order valence-electron chi connectivity index (χ2n) is 9.30. The average Bonchev–Trinajstić information content (AvgIpc) is 3.39. The van der Waals surface area contributed by atoms with Crippen molar-refractivity contribution in [2.75, 3.05) is 12.4 Å². The summed E-state index contributed by atoms with van der Waals surface area (Å²) in [7, 11) is 0. The zero-order valence-corrected chi connectivity index (χ0v) is 23.6. The summed E-state index contributed by atoms with van der Waals surface area (Å²) in [5.41, 5.74) is -0.413. The van der Waals surface area contributed by atoms with Gasteiger partial charge in [0.1, 0.15) is 30.3 Å². The van der Waals surface area contributed by atoms with Crippen molar-refractivity contribution < 1.29 is 43.5 Å². The standard InChI is InChI=1S/C27H22N4O10S2/c32-20(10-17-9-14-5-2-4-8-19(14)43-17)28-21-23(33)30-22(25(34)35)16(13-42-24(21)30)12-41-27(37)29-26(36)40-11-15-6-1-3-7-18(15)31(38)39/h1-9,21,24H,10-13H2,(H,28,32)(H,34,35)(H,29,36,37)/t21?,24-/m0/s1. The molecule has 3 heterocycles. The molecule has 2 atom stereocenters. The first-order valence-corrected chi connectivity index (χ1v) is 14.5. The fraction of sp³-hybridized carbons (Fsp3) is 0.222. The number of rotatable bonds is 9. The Kier molecular flexibility index (Phi) is 8.58. The van der Waals surface area contributed by atoms with E-state index in [-0.39, 0.29) is 40.6 Å². The van der Waals surface area contributed by atoms with Crippen LogP contribution in [0.2, 0.25) is 0 Å². The first-order valence-electron chi connectivity index (χ1n) is 12.6. The van der Waals surface area contributed by atoms with Crippen LogP contribution in [-0.2, 0) is 36.9 Å². The van der Waals surface area contributed by atoms with Crippen molar-refractivity contribution in [3.8, 4) is 0 Å². The van der Waals surface area contributed by atoms with Crippen molar-refractivity contribution >= 4 is 68.8 Å². The van der Waals surface area contributed by atoms with Crippen LogP contribution in [0.1, 0.15) is 10.4 Å². The molecule has 1 unspecified atom stereocenters. The third-order valence-electron chi connectivity index (χ3n) is 6.51. The highest BCUT2D eigenvalue weighted by Crippen LogP contribution is 2.40. The fourth-order valence-electron chi connectivity index (χ4n) is 4.56. The number of nitrogens with zero attached hydrogens (tertiary/aromatic N) is 2. The van der Waals surface area contributed by atoms with Crippen LogP contribution in [0.4, 0.5) is 15.3 Å². The molecule has 14 nitrogen and oxygen atoms in total. The summed E-state index contributed by atoms with van der Waals surface area (Å²) in [6, 6.07) is 14.3. The number of imide groups is 1. The molecule has 3 aromatic rings. The van der Waals surface area contributed by atoms with E-state index in [1.165, 1.54) is 47.4 Å². The van der Waals surface area contributed by atoms with E-state index in [9.17, 15) is 39.2 Å². The van der Waals surface area contributed by atoms with E-state index < -0.39 is 53.6 Å². The number of nitrogens with one attached hydrogen (secondary N) is 2. The number of fused-ring (bicyclic) bond motifs is 2. The molecule has 0 saturated carbocycles. The smallest absolute Gasteiger partial charge is 0.416 e. The summed E-state index contributed by atoms with van der Waals surface area (Å²) in [6.07, 6.45) is -2.42. The molecule has 16 heteroatoms. The molecular formula is C27H22N4O10S2. The molecule has 1 saturated heterocycles. The maximum atomic E-state index is 12.9. The number of carbonyl (C=O) groups is 5. The van der Waals surface area contributed by atoms with E-state index in [1.54, 1.807) is 5.32 Å². The summed E-state index contributed by atoms with van der Waals surface area (Å²) >= 11 is 2.67. The molecule has 0 bridgehead atoms. The SMILES string of the molecule is O=C(Cc1cc2ccccc2s1)NC1C(=O)N2C(C(=O)O)=C(COC(=O)NC(=O)OCc3ccccc3[N+](=O)[O-])CS[C@@H]12. The van der Waals surface area contributed by atoms with E-state index >= 15 is 0 Å². The summed E-state index contributed by atoms with van der Waals surface area (Å²) in [5, 5.41) is 25.7. The highest BCUT2D eigenvalue weighted by molar-refractivity contribution is 8.00. The molecule has 2 aliphatic heterocycles. The lowest BCUT2D eigenvalue weighted by molar-refractivity contribution is -0.385. The Balaban J connectivity index is 1.14. The number of thiophene rings is 1. The first kappa shape index (κ1) is 29.5. The Morgan fingerprint density at radius 3 is 2.47 bits per heavy atom. The Labute approximate surface area is 250 Å². The molecular weight excluding hydrogens is 604 g/mol. The summed E-state index contributed by atoms with van der Waals surface area (Å²) in [5.74, 6) is -2.32. The van der Waals surface area contributed by atoms with Gasteiger partial charge in [0.2, 0.25) is 5.91 Å². The predicted octanol–water partition coefficient (Wildman–Crippen LogP) is 3.15. The molecule has 0 aliphatic carbocycles. The van der Waals surface area contributed by atoms with Crippen LogP contribution in [0.25, 0.3) is 10.1 Å². The van der Waals surface area contributed by atoms with Gasteiger partial charge in [-0.05, 0) is 23.6 Å². The third-order valence-corrected chi connectivity index (χ3v) is 8.96. The minimum Gasteiger partial charge on any atom is -0.477 e. The van der Waals surface area contributed by atoms with Gasteiger partial charge in [0, 0.05) is 27.0 Å². The number of carbonyl (C=O) groups excluding carboxylic acids is 4. The van der Waals surface area contributed by atoms with Crippen molar-refractivity contribution in [1.29, 1.82) is 0 Å².